The first-order chi connectivity index (χ1) is 27.6. The van der Waals surface area contributed by atoms with Crippen LogP contribution in [0.25, 0.3) is 21.8 Å². The molecule has 0 aliphatic heterocycles. The van der Waals surface area contributed by atoms with E-state index in [1.165, 1.54) is 36.4 Å². The van der Waals surface area contributed by atoms with E-state index in [4.69, 9.17) is 0 Å². The average Bonchev–Trinajstić information content (AvgIpc) is 3.84. The van der Waals surface area contributed by atoms with Gasteiger partial charge in [-0.2, -0.15) is 0 Å². The van der Waals surface area contributed by atoms with Gasteiger partial charge in [0.05, 0.1) is 9.85 Å². The quantitative estimate of drug-likeness (QED) is 0.0654. The van der Waals surface area contributed by atoms with Crippen LogP contribution in [0.4, 0.5) is 11.4 Å². The number of fused-ring (bicyclic) bond motifs is 2. The summed E-state index contributed by atoms with van der Waals surface area (Å²) in [5, 5.41) is 24.0. The van der Waals surface area contributed by atoms with Gasteiger partial charge in [-0.3, -0.25) is 40.7 Å². The standard InChI is InChI=1S/C38H30N8O10S2/c1-22-10-12-23(13-11-22)36(28-20-39-30-16-14-24(18-26(28)30)37(47)41-43-57(53,54)34-8-4-2-6-32(34)45(49)50)29-21-40-31-17-15-25(19-27(29)31)38(48)42-44-58(55,56)35-9-5-3-7-33(35)46(51)52/h2-21,36,39-40,43-44H,1H3,(H,41,47)(H,42,48). The molecule has 0 spiro atoms. The Labute approximate surface area is 328 Å². The SMILES string of the molecule is Cc1ccc(C(c2c[nH]c3ccc(C(=O)NNS(=O)(=O)c4ccccc4[N+](=O)[O-])cc23)c2c[nH]c3ccc(C(=O)NNS(=O)(=O)c4ccccc4[N+](=O)[O-])cc23)cc1. The number of amides is 2. The second kappa shape index (κ2) is 15.3. The summed E-state index contributed by atoms with van der Waals surface area (Å²) >= 11 is 0. The zero-order valence-corrected chi connectivity index (χ0v) is 31.6. The van der Waals surface area contributed by atoms with Gasteiger partial charge in [0.15, 0.2) is 9.79 Å². The molecule has 20 heteroatoms. The third-order valence-corrected chi connectivity index (χ3v) is 11.9. The lowest BCUT2D eigenvalue weighted by atomic mass is 9.84. The van der Waals surface area contributed by atoms with Gasteiger partial charge in [0.25, 0.3) is 43.2 Å². The van der Waals surface area contributed by atoms with Gasteiger partial charge in [-0.15, -0.1) is 9.66 Å². The van der Waals surface area contributed by atoms with E-state index in [9.17, 15) is 46.7 Å². The van der Waals surface area contributed by atoms with Crippen LogP contribution in [0.1, 0.15) is 48.9 Å². The Morgan fingerprint density at radius 2 is 1.02 bits per heavy atom. The summed E-state index contributed by atoms with van der Waals surface area (Å²) in [5.41, 5.74) is 7.51. The zero-order valence-electron chi connectivity index (χ0n) is 29.9. The van der Waals surface area contributed by atoms with E-state index < -0.39 is 68.8 Å². The highest BCUT2D eigenvalue weighted by atomic mass is 32.2. The number of aryl methyl sites for hydroxylation is 1. The van der Waals surface area contributed by atoms with Gasteiger partial charge in [-0.05, 0) is 72.1 Å². The molecule has 294 valence electrons. The normalized spacial score (nSPS) is 11.8. The molecule has 0 saturated carbocycles. The van der Waals surface area contributed by atoms with Crippen LogP contribution >= 0.6 is 0 Å². The number of nitro benzene ring substituents is 2. The maximum atomic E-state index is 13.3. The Morgan fingerprint density at radius 1 is 0.603 bits per heavy atom. The molecule has 58 heavy (non-hydrogen) atoms. The number of nitrogens with zero attached hydrogens (tertiary/aromatic N) is 2. The molecule has 0 aliphatic carbocycles. The molecule has 7 rings (SSSR count). The Bertz CT molecular complexity index is 2840. The van der Waals surface area contributed by atoms with Crippen molar-refractivity contribution in [2.24, 2.45) is 0 Å². The predicted octanol–water partition coefficient (Wildman–Crippen LogP) is 5.20. The summed E-state index contributed by atoms with van der Waals surface area (Å²) in [6.45, 7) is 1.93. The third-order valence-electron chi connectivity index (χ3n) is 9.29. The topological polar surface area (TPSA) is 268 Å². The Kier molecular flexibility index (Phi) is 10.3. The first-order valence-electron chi connectivity index (χ1n) is 17.0. The summed E-state index contributed by atoms with van der Waals surface area (Å²) in [7, 11) is -9.08. The maximum absolute atomic E-state index is 13.3. The van der Waals surface area contributed by atoms with Gasteiger partial charge in [0.2, 0.25) is 0 Å². The molecule has 0 bridgehead atoms. The summed E-state index contributed by atoms with van der Waals surface area (Å²) in [6.07, 6.45) is 3.53. The molecule has 0 unspecified atom stereocenters. The van der Waals surface area contributed by atoms with Crippen molar-refractivity contribution in [3.05, 3.63) is 175 Å². The number of hydrogen-bond acceptors (Lipinski definition) is 10. The number of sulfonamides is 2. The van der Waals surface area contributed by atoms with Gasteiger partial charge in [0.1, 0.15) is 0 Å². The van der Waals surface area contributed by atoms with E-state index in [0.29, 0.717) is 32.9 Å². The van der Waals surface area contributed by atoms with Crippen LogP contribution in [-0.4, -0.2) is 48.5 Å². The molecule has 0 fully saturated rings. The second-order valence-corrected chi connectivity index (χ2v) is 16.2. The number of rotatable bonds is 13. The van der Waals surface area contributed by atoms with E-state index in [1.807, 2.05) is 40.9 Å². The van der Waals surface area contributed by atoms with Crippen molar-refractivity contribution >= 4 is 65.0 Å². The Morgan fingerprint density at radius 3 is 1.43 bits per heavy atom. The number of carbonyl (C=O) groups excluding carboxylic acids is 2. The van der Waals surface area contributed by atoms with Gasteiger partial charge in [0, 0.05) is 63.4 Å². The molecule has 6 N–H and O–H groups in total. The number of hydrogen-bond donors (Lipinski definition) is 6. The summed E-state index contributed by atoms with van der Waals surface area (Å²) in [4.78, 5) is 56.9. The minimum absolute atomic E-state index is 0.0578. The van der Waals surface area contributed by atoms with Gasteiger partial charge >= 0.3 is 0 Å². The zero-order chi connectivity index (χ0) is 41.4. The number of aromatic amines is 2. The molecule has 0 saturated heterocycles. The molecule has 5 aromatic carbocycles. The smallest absolute Gasteiger partial charge is 0.289 e. The molecular formula is C38H30N8O10S2. The number of benzene rings is 5. The highest BCUT2D eigenvalue weighted by Crippen LogP contribution is 2.40. The van der Waals surface area contributed by atoms with Crippen LogP contribution < -0.4 is 20.5 Å². The lowest BCUT2D eigenvalue weighted by Gasteiger charge is -2.18. The summed E-state index contributed by atoms with van der Waals surface area (Å²) in [6, 6.07) is 26.4. The number of hydrazine groups is 2. The Hall–Kier alpha value is -7.26. The van der Waals surface area contributed by atoms with E-state index in [0.717, 1.165) is 35.4 Å². The molecule has 0 radical (unpaired) electrons. The van der Waals surface area contributed by atoms with Crippen molar-refractivity contribution < 1.29 is 36.3 Å². The van der Waals surface area contributed by atoms with Gasteiger partial charge < -0.3 is 9.97 Å². The molecule has 0 aliphatic rings. The molecule has 0 atom stereocenters. The molecule has 2 aromatic heterocycles. The van der Waals surface area contributed by atoms with Crippen molar-refractivity contribution in [3.63, 3.8) is 0 Å². The lowest BCUT2D eigenvalue weighted by molar-refractivity contribution is -0.388. The van der Waals surface area contributed by atoms with Crippen molar-refractivity contribution in [2.75, 3.05) is 0 Å². The average molecular weight is 823 g/mol. The first kappa shape index (κ1) is 39.0. The van der Waals surface area contributed by atoms with Crippen LogP contribution in [0.2, 0.25) is 0 Å². The van der Waals surface area contributed by atoms with Crippen LogP contribution in [0, 0.1) is 27.2 Å². The summed E-state index contributed by atoms with van der Waals surface area (Å²) in [5.74, 6) is -2.22. The van der Waals surface area contributed by atoms with Crippen LogP contribution in [0.5, 0.6) is 0 Å². The number of carbonyl (C=O) groups is 2. The fourth-order valence-corrected chi connectivity index (χ4v) is 8.51. The van der Waals surface area contributed by atoms with Crippen LogP contribution in [0.3, 0.4) is 0 Å². The second-order valence-electron chi connectivity index (χ2n) is 12.9. The molecule has 2 heterocycles. The molecular weight excluding hydrogens is 793 g/mol. The molecule has 2 amide bonds. The lowest BCUT2D eigenvalue weighted by Crippen LogP contribution is -2.41. The number of H-pyrrole nitrogens is 2. The van der Waals surface area contributed by atoms with Crippen LogP contribution in [0.15, 0.2) is 131 Å². The predicted molar refractivity (Wildman–Crippen MR) is 210 cm³/mol. The van der Waals surface area contributed by atoms with Crippen molar-refractivity contribution in [1.29, 1.82) is 0 Å². The van der Waals surface area contributed by atoms with Crippen molar-refractivity contribution in [3.8, 4) is 0 Å². The minimum Gasteiger partial charge on any atom is -0.361 e. The van der Waals surface area contributed by atoms with E-state index >= 15 is 0 Å². The largest absolute Gasteiger partial charge is 0.361 e. The van der Waals surface area contributed by atoms with E-state index in [1.54, 1.807) is 36.7 Å². The van der Waals surface area contributed by atoms with Crippen molar-refractivity contribution in [2.45, 2.75) is 22.6 Å². The number of aromatic nitrogens is 2. The fourth-order valence-electron chi connectivity index (χ4n) is 6.48. The van der Waals surface area contributed by atoms with E-state index in [2.05, 4.69) is 20.8 Å². The highest BCUT2D eigenvalue weighted by Gasteiger charge is 2.29. The van der Waals surface area contributed by atoms with Gasteiger partial charge in [-0.1, -0.05) is 54.1 Å². The minimum atomic E-state index is -4.54. The van der Waals surface area contributed by atoms with Crippen molar-refractivity contribution in [1.82, 2.24) is 30.5 Å². The molecule has 7 aromatic rings. The van der Waals surface area contributed by atoms with E-state index in [-0.39, 0.29) is 11.1 Å². The highest BCUT2D eigenvalue weighted by molar-refractivity contribution is 7.89. The Balaban J connectivity index is 1.21. The summed E-state index contributed by atoms with van der Waals surface area (Å²) < 4.78 is 51.8. The number of para-hydroxylation sites is 2. The van der Waals surface area contributed by atoms with Gasteiger partial charge in [-0.25, -0.2) is 16.8 Å². The number of nitro groups is 2. The third kappa shape index (κ3) is 7.62. The fraction of sp³-hybridized carbons (Fsp3) is 0.0526. The first-order valence-corrected chi connectivity index (χ1v) is 20.0. The van der Waals surface area contributed by atoms with Crippen LogP contribution in [-0.2, 0) is 20.0 Å². The molecule has 18 nitrogen and oxygen atoms in total. The monoisotopic (exact) mass is 822 g/mol. The number of nitrogens with one attached hydrogen (secondary N) is 6. The maximum Gasteiger partial charge on any atom is 0.289 e.